The van der Waals surface area contributed by atoms with Crippen LogP contribution in [0.1, 0.15) is 216 Å². The Hall–Kier alpha value is -7.48. The summed E-state index contributed by atoms with van der Waals surface area (Å²) < 4.78 is 24.5. The zero-order valence-corrected chi connectivity index (χ0v) is 90.7. The van der Waals surface area contributed by atoms with Gasteiger partial charge in [0.05, 0.1) is 58.9 Å². The summed E-state index contributed by atoms with van der Waals surface area (Å²) >= 11 is 16.2. The van der Waals surface area contributed by atoms with Crippen LogP contribution in [0.15, 0.2) is 165 Å². The van der Waals surface area contributed by atoms with Gasteiger partial charge < -0.3 is 53.6 Å². The maximum absolute atomic E-state index is 13.5. The van der Waals surface area contributed by atoms with Gasteiger partial charge in [-0.2, -0.15) is 5.26 Å². The van der Waals surface area contributed by atoms with Crippen LogP contribution >= 0.6 is 82.0 Å². The van der Waals surface area contributed by atoms with Crippen molar-refractivity contribution in [1.82, 2.24) is 28.4 Å². The number of unbranched alkanes of at least 4 members (excludes halogenated alkanes) is 4. The molecule has 3 aliphatic carbocycles. The van der Waals surface area contributed by atoms with E-state index in [9.17, 15) is 53.8 Å². The second-order valence-electron chi connectivity index (χ2n) is 33.9. The van der Waals surface area contributed by atoms with Crippen molar-refractivity contribution < 1.29 is 151 Å². The molecule has 8 heterocycles. The van der Waals surface area contributed by atoms with Crippen LogP contribution in [0, 0.1) is 11.3 Å². The molecule has 6 unspecified atom stereocenters. The van der Waals surface area contributed by atoms with Gasteiger partial charge in [-0.3, -0.25) is 47.5 Å². The first-order chi connectivity index (χ1) is 64.5. The van der Waals surface area contributed by atoms with E-state index in [1.807, 2.05) is 88.4 Å². The number of hydrogen-bond donors (Lipinski definition) is 0. The minimum absolute atomic E-state index is 0. The number of carbonyl (C=O) groups is 5. The number of aliphatic carboxylic acids is 2. The number of benzene rings is 6. The Balaban J connectivity index is 0.000000170. The molecule has 2 amide bonds. The number of thiazole rings is 3. The summed E-state index contributed by atoms with van der Waals surface area (Å²) in [6.07, 6.45) is 27.6. The van der Waals surface area contributed by atoms with Crippen molar-refractivity contribution >= 4 is 189 Å². The number of fused-ring (bicyclic) bond motifs is 9. The molecule has 8 aliphatic rings. The van der Waals surface area contributed by atoms with Crippen LogP contribution in [-0.2, 0) is 53.1 Å². The van der Waals surface area contributed by atoms with Gasteiger partial charge in [-0.15, -0.1) is 34.0 Å². The summed E-state index contributed by atoms with van der Waals surface area (Å²) in [6, 6.07) is 51.8. The fourth-order valence-corrected chi connectivity index (χ4v) is 25.4. The topological polar surface area (TPSA) is 268 Å². The number of amides is 2. The molecule has 3 aromatic heterocycles. The van der Waals surface area contributed by atoms with Gasteiger partial charge in [0, 0.05) is 95.7 Å². The van der Waals surface area contributed by atoms with E-state index < -0.39 is 42.8 Å². The number of ether oxygens (including phenoxy) is 3. The predicted octanol–water partition coefficient (Wildman–Crippen LogP) is 7.72. The second kappa shape index (κ2) is 50.1. The number of hydrogen-bond acceptors (Lipinski definition) is 25. The largest absolute Gasteiger partial charge is 1.00 e. The standard InChI is InChI=1S/C32H31N3O5S3.C31H33N3O4S.C28H25N3O4S3.C12H27N.2K/c1-3-33-27(17-25(40-4-2)29-31(39)34(18-28(36)37)32(41)43-29)42-26(30(33)38)16-19-13-14-24-22(15-19)21-11-8-12-23(21)35(24)20-9-6-5-7-10-20;1-4-6-16-38-31(36)25(19-32)30-33(5-2)29(35)28(39-30)18-20-10-15-27-24(17-20)23-8-7-9-26(23)34(27)21-11-13-22(37-3)14-12-21;1-2-29-25(34)22(37-27(29)24-26(35)30(15-23(32)33)28(36)38-24)14-16-11-12-21-19(13-16)18-9-6-10-20(18)31(21)17-7-4-3-5-8-17;1-4-7-10-13(11-8-5-2)12-9-6-3;;/h5-7,9-10,13-17,21,23H,3-4,8,11-12,18H2,1-2H3,(H,36,37);10-15,17-18,23,26H,4-9,16H2,1-3H3;3-5,7-8,11-14,18,20H,2,6,9-10,15H2,1H3,(H,32,33);4-12H2,1-3H3;;/q;;;;2*+1/p-2/b26-16-,27-17?,29-25-;28-18-,30-25+;22-14-,27-24-;;;. The summed E-state index contributed by atoms with van der Waals surface area (Å²) in [5.74, 6) is -2.07. The Bertz CT molecular complexity index is 6530. The molecule has 0 radical (unpaired) electrons. The van der Waals surface area contributed by atoms with Crippen LogP contribution in [0.5, 0.6) is 5.75 Å². The molecule has 32 heteroatoms. The number of thiocarbonyl (C=S) groups is 2. The monoisotopic (exact) mass is 2000 g/mol. The number of nitrogens with zero attached hydrogens (tertiary/aromatic N) is 10. The van der Waals surface area contributed by atoms with E-state index in [-0.39, 0.29) is 162 Å². The average Bonchev–Trinajstić information content (AvgIpc) is 1.59. The van der Waals surface area contributed by atoms with E-state index >= 15 is 0 Å². The van der Waals surface area contributed by atoms with Gasteiger partial charge in [-0.1, -0.05) is 175 Å². The minimum atomic E-state index is -1.40. The first kappa shape index (κ1) is 106. The van der Waals surface area contributed by atoms with Crippen molar-refractivity contribution in [2.45, 2.75) is 220 Å². The van der Waals surface area contributed by atoms with Crippen LogP contribution in [-0.4, -0.2) is 138 Å². The molecule has 9 aromatic rings. The fraction of sp³-hybridized carbons (Fsp3) is 0.408. The first-order valence-electron chi connectivity index (χ1n) is 46.5. The van der Waals surface area contributed by atoms with Crippen molar-refractivity contribution in [3.05, 3.63) is 242 Å². The molecule has 0 N–H and O–H groups in total. The summed E-state index contributed by atoms with van der Waals surface area (Å²) in [5.41, 5.74) is 13.4. The summed E-state index contributed by atoms with van der Waals surface area (Å²) in [5, 5.41) is 32.0. The average molecular weight is 2000 g/mol. The van der Waals surface area contributed by atoms with Crippen molar-refractivity contribution in [3.63, 3.8) is 0 Å². The summed E-state index contributed by atoms with van der Waals surface area (Å²) in [7, 11) is 1.68. The van der Waals surface area contributed by atoms with Crippen molar-refractivity contribution in [2.24, 2.45) is 0 Å². The van der Waals surface area contributed by atoms with Gasteiger partial charge in [0.25, 0.3) is 28.5 Å². The number of nitriles is 1. The number of carboxylic acid groups (broad SMARTS) is 2. The van der Waals surface area contributed by atoms with E-state index in [1.165, 1.54) is 161 Å². The molecule has 0 bridgehead atoms. The van der Waals surface area contributed by atoms with Crippen LogP contribution in [0.25, 0.3) is 34.8 Å². The third kappa shape index (κ3) is 24.1. The van der Waals surface area contributed by atoms with Crippen LogP contribution in [0.3, 0.4) is 0 Å². The number of para-hydroxylation sites is 2. The normalized spacial score (nSPS) is 19.7. The summed E-state index contributed by atoms with van der Waals surface area (Å²) in [6.45, 7) is 20.6. The van der Waals surface area contributed by atoms with E-state index in [0.29, 0.717) is 83.1 Å². The SMILES string of the molecule is CCCCN(CCCC)CCCC.CCCCOC(=O)/C(C#N)=c1/s/c(=C\c2ccc3c(c2)C2CCCC2N3c2ccc(OC)cc2)c(=O)n1CC.CCO/C(C=c1s/c(=C\c2ccc3c(c2)C2CCCC2N3c2ccccc2)c(=O)n1CC)=C1\SC(=S)N(CC(=O)[O-])C1=O.CCn1c(=O)/c(=C/c2ccc3c(c2)C2CCCC2N3c2ccccc2)s/c1=C1\SC(=S)N(CC(=O)[O-])C1=O.[K+].[K+]. The minimum Gasteiger partial charge on any atom is -0.548 e. The fourth-order valence-electron chi connectivity index (χ4n) is 19.3. The number of aromatic nitrogens is 3. The van der Waals surface area contributed by atoms with Gasteiger partial charge in [0.15, 0.2) is 5.57 Å². The van der Waals surface area contributed by atoms with Crippen LogP contribution < -0.4 is 177 Å². The second-order valence-corrected chi connectivity index (χ2v) is 40.3. The molecule has 6 atom stereocenters. The maximum atomic E-state index is 13.5. The number of carbonyl (C=O) groups excluding carboxylic acids is 5. The van der Waals surface area contributed by atoms with Crippen molar-refractivity contribution in [3.8, 4) is 11.8 Å². The summed E-state index contributed by atoms with van der Waals surface area (Å²) in [4.78, 5) is 113. The smallest absolute Gasteiger partial charge is 0.548 e. The van der Waals surface area contributed by atoms with Crippen molar-refractivity contribution in [1.29, 1.82) is 5.26 Å². The van der Waals surface area contributed by atoms with E-state index in [4.69, 9.17) is 38.6 Å². The Kier molecular flexibility index (Phi) is 39.5. The van der Waals surface area contributed by atoms with Gasteiger partial charge in [-0.25, -0.2) is 4.79 Å². The zero-order chi connectivity index (χ0) is 94.3. The van der Waals surface area contributed by atoms with E-state index in [0.717, 1.165) is 113 Å². The third-order valence-electron chi connectivity index (χ3n) is 25.6. The van der Waals surface area contributed by atoms with Gasteiger partial charge in [-0.05, 0) is 248 Å². The molecule has 135 heavy (non-hydrogen) atoms. The molecule has 5 fully saturated rings. The molecular weight excluding hydrogens is 1890 g/mol. The third-order valence-corrected chi connectivity index (χ3v) is 31.9. The number of thioether (sulfide) groups is 2. The molecule has 2 saturated heterocycles. The number of carboxylic acids is 2. The molecule has 0 spiro atoms. The van der Waals surface area contributed by atoms with Crippen LogP contribution in [0.2, 0.25) is 0 Å². The Morgan fingerprint density at radius 3 is 1.36 bits per heavy atom. The Labute approximate surface area is 904 Å². The molecule has 23 nitrogen and oxygen atoms in total. The number of anilines is 6. The van der Waals surface area contributed by atoms with Crippen LogP contribution in [0.4, 0.5) is 34.1 Å². The van der Waals surface area contributed by atoms with Gasteiger partial charge in [0.2, 0.25) is 0 Å². The van der Waals surface area contributed by atoms with Gasteiger partial charge >= 0.3 is 109 Å². The number of rotatable bonds is 30. The first-order valence-corrected chi connectivity index (χ1v) is 51.4. The number of methoxy groups -OCH3 is 1. The molecular formula is C103H114K2N10O13S7. The van der Waals surface area contributed by atoms with E-state index in [2.05, 4.69) is 143 Å². The molecule has 6 aromatic carbocycles. The molecule has 3 saturated carbocycles. The Morgan fingerprint density at radius 2 is 0.926 bits per heavy atom. The van der Waals surface area contributed by atoms with Crippen molar-refractivity contribution in [2.75, 3.05) is 67.7 Å². The quantitative estimate of drug-likeness (QED) is 0.0104. The number of esters is 1. The number of allylic oxidation sites excluding steroid dienone is 1. The van der Waals surface area contributed by atoms with E-state index in [1.54, 1.807) is 29.2 Å². The zero-order valence-electron chi connectivity index (χ0n) is 78.8. The Morgan fingerprint density at radius 1 is 0.504 bits per heavy atom. The molecule has 5 aliphatic heterocycles. The molecule has 17 rings (SSSR count). The maximum Gasteiger partial charge on any atom is 1.00 e. The molecule has 698 valence electrons. The van der Waals surface area contributed by atoms with Gasteiger partial charge in [0.1, 0.15) is 50.0 Å². The predicted molar refractivity (Wildman–Crippen MR) is 540 cm³/mol.